The molecule has 1 saturated heterocycles. The number of carbonyl (C=O) groups is 6. The number of ketones is 1. The fourth-order valence-electron chi connectivity index (χ4n) is 4.93. The fourth-order valence-corrected chi connectivity index (χ4v) is 6.36. The van der Waals surface area contributed by atoms with Gasteiger partial charge in [0.2, 0.25) is 35.3 Å². The second-order valence-corrected chi connectivity index (χ2v) is 13.1. The number of Topliss-reactive ketones (excluding diaryl/α,β-unsaturated/α-hetero) is 1. The van der Waals surface area contributed by atoms with E-state index in [1.807, 2.05) is 24.5 Å². The molecule has 0 spiro atoms. The van der Waals surface area contributed by atoms with Crippen LogP contribution in [-0.2, 0) is 24.0 Å². The van der Waals surface area contributed by atoms with Gasteiger partial charge < -0.3 is 37.6 Å². The van der Waals surface area contributed by atoms with Crippen LogP contribution in [0, 0.1) is 5.41 Å². The Kier molecular flexibility index (Phi) is 14.9. The van der Waals surface area contributed by atoms with Crippen molar-refractivity contribution in [2.24, 2.45) is 5.73 Å². The average Bonchev–Trinajstić information content (AvgIpc) is 3.46. The van der Waals surface area contributed by atoms with Crippen molar-refractivity contribution < 1.29 is 28.8 Å². The van der Waals surface area contributed by atoms with Gasteiger partial charge in [-0.05, 0) is 62.7 Å². The molecule has 0 radical (unpaired) electrons. The molecule has 9 N–H and O–H groups in total. The summed E-state index contributed by atoms with van der Waals surface area (Å²) in [6.45, 7) is 1.79. The molecule has 17 heteroatoms. The van der Waals surface area contributed by atoms with Crippen LogP contribution in [0.4, 0.5) is 0 Å². The fraction of sp³-hybridized carbons (Fsp3) is 0.533. The maximum absolute atomic E-state index is 13.8. The Morgan fingerprint density at radius 3 is 2.62 bits per heavy atom. The number of carbonyl (C=O) groups excluding carboxylic acids is 6. The SMILES string of the molecule is CSCC[C@@H]1NC(=O)[C@@H](NC(C)=O)CC(=O)NCCCC[C@@H](C(=O)N[C@@H](CCCNC(=N)N)C(=O)c2nc3ccccc3s2)NC1=O. The van der Waals surface area contributed by atoms with Crippen molar-refractivity contribution in [2.45, 2.75) is 76.0 Å². The molecule has 2 heterocycles. The lowest BCUT2D eigenvalue weighted by Crippen LogP contribution is -2.58. The van der Waals surface area contributed by atoms with Gasteiger partial charge in [-0.15, -0.1) is 11.3 Å². The number of hydrogen-bond donors (Lipinski definition) is 8. The summed E-state index contributed by atoms with van der Waals surface area (Å²) in [5, 5.41) is 23.7. The lowest BCUT2D eigenvalue weighted by Gasteiger charge is -2.27. The third-order valence-electron chi connectivity index (χ3n) is 7.32. The Bertz CT molecular complexity index is 1420. The van der Waals surface area contributed by atoms with Crippen molar-refractivity contribution in [1.29, 1.82) is 5.41 Å². The van der Waals surface area contributed by atoms with Gasteiger partial charge in [0.05, 0.1) is 22.7 Å². The molecular weight excluding hydrogens is 647 g/mol. The second-order valence-electron chi connectivity index (χ2n) is 11.1. The van der Waals surface area contributed by atoms with Crippen molar-refractivity contribution in [3.63, 3.8) is 0 Å². The quantitative estimate of drug-likeness (QED) is 0.0650. The van der Waals surface area contributed by atoms with Gasteiger partial charge in [0.25, 0.3) is 0 Å². The molecule has 0 saturated carbocycles. The van der Waals surface area contributed by atoms with Crippen LogP contribution in [0.5, 0.6) is 0 Å². The summed E-state index contributed by atoms with van der Waals surface area (Å²) in [4.78, 5) is 82.9. The summed E-state index contributed by atoms with van der Waals surface area (Å²) in [6.07, 6.45) is 3.53. The van der Waals surface area contributed by atoms with Gasteiger partial charge in [-0.2, -0.15) is 11.8 Å². The smallest absolute Gasteiger partial charge is 0.243 e. The van der Waals surface area contributed by atoms with Crippen LogP contribution in [0.2, 0.25) is 0 Å². The highest BCUT2D eigenvalue weighted by Crippen LogP contribution is 2.23. The molecule has 2 aromatic rings. The molecule has 15 nitrogen and oxygen atoms in total. The van der Waals surface area contributed by atoms with Gasteiger partial charge in [0.15, 0.2) is 11.0 Å². The number of nitrogens with zero attached hydrogens (tertiary/aromatic N) is 1. The van der Waals surface area contributed by atoms with Crippen LogP contribution >= 0.6 is 23.1 Å². The maximum atomic E-state index is 13.8. The van der Waals surface area contributed by atoms with Crippen molar-refractivity contribution in [3.05, 3.63) is 29.3 Å². The Morgan fingerprint density at radius 2 is 1.91 bits per heavy atom. The van der Waals surface area contributed by atoms with E-state index in [4.69, 9.17) is 11.1 Å². The molecule has 1 aliphatic heterocycles. The molecule has 5 amide bonds. The first kappa shape index (κ1) is 37.2. The van der Waals surface area contributed by atoms with Crippen molar-refractivity contribution in [3.8, 4) is 0 Å². The molecule has 47 heavy (non-hydrogen) atoms. The van der Waals surface area contributed by atoms with Gasteiger partial charge in [-0.3, -0.25) is 34.2 Å². The van der Waals surface area contributed by atoms with Crippen molar-refractivity contribution in [2.75, 3.05) is 25.1 Å². The van der Waals surface area contributed by atoms with Gasteiger partial charge in [0.1, 0.15) is 18.1 Å². The van der Waals surface area contributed by atoms with Crippen molar-refractivity contribution in [1.82, 2.24) is 36.9 Å². The molecule has 1 aromatic heterocycles. The van der Waals surface area contributed by atoms with E-state index in [0.29, 0.717) is 37.1 Å². The van der Waals surface area contributed by atoms with E-state index in [1.165, 1.54) is 30.0 Å². The maximum Gasteiger partial charge on any atom is 0.243 e. The first-order valence-corrected chi connectivity index (χ1v) is 17.6. The lowest BCUT2D eigenvalue weighted by atomic mass is 10.0. The van der Waals surface area contributed by atoms with Crippen LogP contribution in [0.3, 0.4) is 0 Å². The van der Waals surface area contributed by atoms with E-state index in [9.17, 15) is 28.8 Å². The summed E-state index contributed by atoms with van der Waals surface area (Å²) in [6, 6.07) is 3.04. The number of rotatable bonds is 12. The average molecular weight is 690 g/mol. The van der Waals surface area contributed by atoms with Gasteiger partial charge in [-0.25, -0.2) is 4.98 Å². The van der Waals surface area contributed by atoms with Crippen LogP contribution in [0.25, 0.3) is 10.2 Å². The number of amides is 5. The Labute approximate surface area is 281 Å². The number of para-hydroxylation sites is 1. The number of nitrogens with one attached hydrogen (secondary N) is 7. The molecular formula is C30H43N9O6S2. The van der Waals surface area contributed by atoms with Gasteiger partial charge >= 0.3 is 0 Å². The van der Waals surface area contributed by atoms with Gasteiger partial charge in [0, 0.05) is 20.0 Å². The number of thioether (sulfide) groups is 1. The van der Waals surface area contributed by atoms with Crippen LogP contribution < -0.4 is 37.6 Å². The minimum absolute atomic E-state index is 0.207. The molecule has 4 atom stereocenters. The van der Waals surface area contributed by atoms with Crippen LogP contribution in [0.15, 0.2) is 24.3 Å². The summed E-state index contributed by atoms with van der Waals surface area (Å²) in [5.41, 5.74) is 6.05. The zero-order valence-corrected chi connectivity index (χ0v) is 28.1. The molecule has 3 rings (SSSR count). The number of nitrogens with two attached hydrogens (primary N) is 1. The van der Waals surface area contributed by atoms with Crippen LogP contribution in [-0.4, -0.2) is 95.5 Å². The first-order chi connectivity index (χ1) is 22.5. The van der Waals surface area contributed by atoms with Crippen LogP contribution in [0.1, 0.15) is 61.7 Å². The third kappa shape index (κ3) is 12.1. The summed E-state index contributed by atoms with van der Waals surface area (Å²) in [5.74, 6) is -2.92. The summed E-state index contributed by atoms with van der Waals surface area (Å²) in [7, 11) is 0. The molecule has 0 aliphatic carbocycles. The minimum Gasteiger partial charge on any atom is -0.370 e. The lowest BCUT2D eigenvalue weighted by molar-refractivity contribution is -0.135. The highest BCUT2D eigenvalue weighted by molar-refractivity contribution is 7.98. The molecule has 0 unspecified atom stereocenters. The standard InChI is InChI=1S/C30H43N9O6S2/c1-17(40)35-22-16-24(41)33-13-6-5-9-20(37-27(44)21(12-15-46-2)38-28(22)45)26(43)36-19(10-7-14-34-30(31)32)25(42)29-39-18-8-3-4-11-23(18)47-29/h3-4,8,11,19-22H,5-7,9-10,12-16H2,1-2H3,(H,33,41)(H,35,40)(H,36,43)(H,37,44)(H,38,45)(H4,31,32,34)/t19-,20-,21-,22-/m0/s1. The summed E-state index contributed by atoms with van der Waals surface area (Å²) >= 11 is 2.68. The first-order valence-electron chi connectivity index (χ1n) is 15.4. The number of hydrogen-bond acceptors (Lipinski definition) is 10. The number of benzene rings is 1. The largest absolute Gasteiger partial charge is 0.370 e. The zero-order valence-electron chi connectivity index (χ0n) is 26.5. The second kappa shape index (κ2) is 18.8. The molecule has 1 aliphatic rings. The monoisotopic (exact) mass is 689 g/mol. The van der Waals surface area contributed by atoms with Crippen molar-refractivity contribution >= 4 is 74.6 Å². The van der Waals surface area contributed by atoms with E-state index in [1.54, 1.807) is 6.07 Å². The predicted octanol–water partition coefficient (Wildman–Crippen LogP) is 0.145. The topological polar surface area (TPSA) is 237 Å². The van der Waals surface area contributed by atoms with E-state index in [2.05, 4.69) is 36.9 Å². The Morgan fingerprint density at radius 1 is 1.15 bits per heavy atom. The molecule has 1 fully saturated rings. The number of thiazole rings is 1. The molecule has 0 bridgehead atoms. The van der Waals surface area contributed by atoms with E-state index in [-0.39, 0.29) is 49.0 Å². The highest BCUT2D eigenvalue weighted by atomic mass is 32.2. The minimum atomic E-state index is -1.19. The molecule has 256 valence electrons. The Balaban J connectivity index is 1.84. The number of fused-ring (bicyclic) bond motifs is 1. The number of guanidine groups is 1. The molecule has 1 aromatic carbocycles. The predicted molar refractivity (Wildman–Crippen MR) is 181 cm³/mol. The summed E-state index contributed by atoms with van der Waals surface area (Å²) < 4.78 is 0.823. The Hall–Kier alpha value is -4.25. The third-order valence-corrected chi connectivity index (χ3v) is 9.02. The zero-order chi connectivity index (χ0) is 34.3. The van der Waals surface area contributed by atoms with E-state index >= 15 is 0 Å². The van der Waals surface area contributed by atoms with E-state index < -0.39 is 53.7 Å². The van der Waals surface area contributed by atoms with E-state index in [0.717, 1.165) is 4.70 Å². The normalized spacial score (nSPS) is 20.1. The van der Waals surface area contributed by atoms with Gasteiger partial charge in [-0.1, -0.05) is 12.1 Å². The highest BCUT2D eigenvalue weighted by Gasteiger charge is 2.32. The number of aromatic nitrogens is 1.